The zero-order valence-corrected chi connectivity index (χ0v) is 10.5. The molecule has 0 bridgehead atoms. The average Bonchev–Trinajstić information content (AvgIpc) is 2.39. The summed E-state index contributed by atoms with van der Waals surface area (Å²) < 4.78 is 37.4. The maximum absolute atomic E-state index is 13.1. The van der Waals surface area contributed by atoms with E-state index in [1.165, 1.54) is 12.1 Å². The molecule has 0 amide bonds. The zero-order valence-electron chi connectivity index (χ0n) is 9.66. The van der Waals surface area contributed by atoms with E-state index in [1.54, 1.807) is 12.1 Å². The van der Waals surface area contributed by atoms with Crippen molar-refractivity contribution in [3.63, 3.8) is 0 Å². The molecule has 0 radical (unpaired) electrons. The first kappa shape index (κ1) is 12.9. The lowest BCUT2D eigenvalue weighted by atomic mass is 10.0. The highest BCUT2D eigenvalue weighted by molar-refractivity contribution is 8.11. The maximum Gasteiger partial charge on any atom is 0.328 e. The van der Waals surface area contributed by atoms with Crippen molar-refractivity contribution in [3.05, 3.63) is 54.1 Å². The number of halogens is 3. The lowest BCUT2D eigenvalue weighted by Crippen LogP contribution is -1.81. The first-order valence-corrected chi connectivity index (χ1v) is 6.46. The molecule has 0 aromatic heterocycles. The van der Waals surface area contributed by atoms with Crippen molar-refractivity contribution in [1.29, 1.82) is 0 Å². The molecule has 0 heterocycles. The van der Waals surface area contributed by atoms with Gasteiger partial charge in [0.25, 0.3) is 0 Å². The highest BCUT2D eigenvalue weighted by atomic mass is 32.2. The minimum Gasteiger partial charge on any atom is -0.163 e. The number of hydrogen-bond acceptors (Lipinski definition) is 0. The molecular formula is C14H11F3S. The van der Waals surface area contributed by atoms with Crippen LogP contribution in [0.5, 0.6) is 0 Å². The highest BCUT2D eigenvalue weighted by Gasteiger charge is 2.06. The van der Waals surface area contributed by atoms with Crippen molar-refractivity contribution >= 4 is 16.2 Å². The minimum atomic E-state index is -2.57. The molecule has 2 aromatic carbocycles. The van der Waals surface area contributed by atoms with Crippen LogP contribution in [0.2, 0.25) is 0 Å². The molecule has 94 valence electrons. The third-order valence-electron chi connectivity index (χ3n) is 2.58. The van der Waals surface area contributed by atoms with Crippen LogP contribution in [0.3, 0.4) is 0 Å². The van der Waals surface area contributed by atoms with Crippen LogP contribution < -0.4 is 0 Å². The Morgan fingerprint density at radius 3 is 1.72 bits per heavy atom. The Balaban J connectivity index is 2.33. The average molecular weight is 268 g/mol. The van der Waals surface area contributed by atoms with Crippen LogP contribution in [0, 0.1) is 6.92 Å². The van der Waals surface area contributed by atoms with Gasteiger partial charge in [-0.2, -0.15) is 12.7 Å². The molecule has 2 rings (SSSR count). The number of aryl methyl sites for hydroxylation is 1. The van der Waals surface area contributed by atoms with Gasteiger partial charge in [-0.15, -0.1) is 0 Å². The van der Waals surface area contributed by atoms with Crippen LogP contribution in [0.1, 0.15) is 5.56 Å². The molecule has 1 unspecified atom stereocenters. The van der Waals surface area contributed by atoms with E-state index >= 15 is 0 Å². The van der Waals surface area contributed by atoms with Crippen molar-refractivity contribution in [2.45, 2.75) is 11.8 Å². The van der Waals surface area contributed by atoms with E-state index in [1.807, 2.05) is 31.2 Å². The summed E-state index contributed by atoms with van der Waals surface area (Å²) in [5.41, 5.74) is 3.01. The van der Waals surface area contributed by atoms with Gasteiger partial charge in [0.05, 0.1) is 10.9 Å². The Morgan fingerprint density at radius 2 is 1.28 bits per heavy atom. The molecule has 0 fully saturated rings. The van der Waals surface area contributed by atoms with Gasteiger partial charge in [-0.05, 0) is 30.2 Å². The summed E-state index contributed by atoms with van der Waals surface area (Å²) in [6.45, 7) is 1.99. The molecule has 0 saturated heterocycles. The molecule has 0 saturated carbocycles. The third kappa shape index (κ3) is 2.82. The predicted octanol–water partition coefficient (Wildman–Crippen LogP) is 5.20. The largest absolute Gasteiger partial charge is 0.328 e. The molecule has 0 N–H and O–H groups in total. The molecule has 0 nitrogen and oxygen atoms in total. The number of hydrogen-bond donors (Lipinski definition) is 0. The van der Waals surface area contributed by atoms with Gasteiger partial charge in [0, 0.05) is 4.90 Å². The van der Waals surface area contributed by atoms with Gasteiger partial charge in [-0.3, -0.25) is 0 Å². The minimum absolute atomic E-state index is 0.00543. The third-order valence-corrected chi connectivity index (χ3v) is 3.54. The van der Waals surface area contributed by atoms with Gasteiger partial charge in [-0.1, -0.05) is 42.0 Å². The van der Waals surface area contributed by atoms with E-state index in [0.29, 0.717) is 0 Å². The SMILES string of the molecule is Cc1ccc(-c2ccc(S(F)=C(F)F)cc2)cc1. The second kappa shape index (κ2) is 5.40. The highest BCUT2D eigenvalue weighted by Crippen LogP contribution is 2.32. The van der Waals surface area contributed by atoms with E-state index in [-0.39, 0.29) is 4.90 Å². The monoisotopic (exact) mass is 268 g/mol. The summed E-state index contributed by atoms with van der Waals surface area (Å²) in [5.74, 6) is 0. The lowest BCUT2D eigenvalue weighted by Gasteiger charge is -2.04. The standard InChI is InChI=1S/C14H11F3S/c1-10-2-4-11(5-3-10)12-6-8-13(9-7-12)18(17)14(15)16/h2-9H,1H3. The number of rotatable bonds is 2. The topological polar surface area (TPSA) is 0 Å². The Kier molecular flexibility index (Phi) is 3.87. The van der Waals surface area contributed by atoms with Gasteiger partial charge in [-0.25, -0.2) is 0 Å². The van der Waals surface area contributed by atoms with Crippen molar-refractivity contribution < 1.29 is 12.7 Å². The Hall–Kier alpha value is -1.55. The molecule has 0 aliphatic rings. The fourth-order valence-electron chi connectivity index (χ4n) is 1.60. The second-order valence-electron chi connectivity index (χ2n) is 3.87. The van der Waals surface area contributed by atoms with Crippen molar-refractivity contribution in [2.75, 3.05) is 0 Å². The zero-order chi connectivity index (χ0) is 13.1. The molecule has 0 aliphatic carbocycles. The van der Waals surface area contributed by atoms with Crippen molar-refractivity contribution in [2.24, 2.45) is 0 Å². The van der Waals surface area contributed by atoms with Crippen LogP contribution in [0.25, 0.3) is 11.1 Å². The van der Waals surface area contributed by atoms with E-state index in [4.69, 9.17) is 0 Å². The van der Waals surface area contributed by atoms with Crippen LogP contribution in [-0.4, -0.2) is 5.37 Å². The summed E-state index contributed by atoms with van der Waals surface area (Å²) in [5, 5.41) is -2.18. The van der Waals surface area contributed by atoms with E-state index in [2.05, 4.69) is 0 Å². The Bertz CT molecular complexity index is 567. The maximum atomic E-state index is 13.1. The van der Waals surface area contributed by atoms with Gasteiger partial charge >= 0.3 is 5.37 Å². The van der Waals surface area contributed by atoms with Crippen molar-refractivity contribution in [1.82, 2.24) is 0 Å². The van der Waals surface area contributed by atoms with Crippen LogP contribution in [0.15, 0.2) is 53.4 Å². The van der Waals surface area contributed by atoms with Gasteiger partial charge in [0.15, 0.2) is 0 Å². The summed E-state index contributed by atoms with van der Waals surface area (Å²) in [6, 6.07) is 13.9. The van der Waals surface area contributed by atoms with Gasteiger partial charge in [0.1, 0.15) is 0 Å². The Morgan fingerprint density at radius 1 is 0.833 bits per heavy atom. The molecule has 18 heavy (non-hydrogen) atoms. The fourth-order valence-corrected chi connectivity index (χ4v) is 2.16. The molecule has 0 spiro atoms. The Labute approximate surface area is 106 Å². The summed E-state index contributed by atoms with van der Waals surface area (Å²) in [7, 11) is -2.57. The predicted molar refractivity (Wildman–Crippen MR) is 70.8 cm³/mol. The first-order chi connectivity index (χ1) is 8.58. The quantitative estimate of drug-likeness (QED) is 0.518. The smallest absolute Gasteiger partial charge is 0.163 e. The molecule has 0 aliphatic heterocycles. The van der Waals surface area contributed by atoms with Crippen LogP contribution in [-0.2, 0) is 0 Å². The van der Waals surface area contributed by atoms with E-state index in [9.17, 15) is 12.7 Å². The van der Waals surface area contributed by atoms with Gasteiger partial charge in [0.2, 0.25) is 0 Å². The van der Waals surface area contributed by atoms with E-state index < -0.39 is 16.2 Å². The lowest BCUT2D eigenvalue weighted by molar-refractivity contribution is 0.638. The van der Waals surface area contributed by atoms with E-state index in [0.717, 1.165) is 16.7 Å². The van der Waals surface area contributed by atoms with Crippen LogP contribution in [0.4, 0.5) is 12.7 Å². The molecule has 2 aromatic rings. The van der Waals surface area contributed by atoms with Gasteiger partial charge < -0.3 is 0 Å². The first-order valence-electron chi connectivity index (χ1n) is 5.33. The molecule has 1 atom stereocenters. The van der Waals surface area contributed by atoms with Crippen LogP contribution >= 0.6 is 10.9 Å². The summed E-state index contributed by atoms with van der Waals surface area (Å²) in [6.07, 6.45) is 0. The normalized spacial score (nSPS) is 12.2. The summed E-state index contributed by atoms with van der Waals surface area (Å²) >= 11 is 0. The number of benzene rings is 2. The molecular weight excluding hydrogens is 257 g/mol. The summed E-state index contributed by atoms with van der Waals surface area (Å²) in [4.78, 5) is 0.00543. The van der Waals surface area contributed by atoms with Crippen molar-refractivity contribution in [3.8, 4) is 11.1 Å². The molecule has 4 heteroatoms. The second-order valence-corrected chi connectivity index (χ2v) is 5.17. The fraction of sp³-hybridized carbons (Fsp3) is 0.0714.